The van der Waals surface area contributed by atoms with E-state index in [2.05, 4.69) is 42.3 Å². The molecule has 1 unspecified atom stereocenters. The van der Waals surface area contributed by atoms with Crippen molar-refractivity contribution in [2.24, 2.45) is 0 Å². The van der Waals surface area contributed by atoms with E-state index in [9.17, 15) is 0 Å². The van der Waals surface area contributed by atoms with Gasteiger partial charge in [0.2, 0.25) is 0 Å². The molecule has 1 aromatic carbocycles. The van der Waals surface area contributed by atoms with E-state index in [1.54, 1.807) is 0 Å². The number of fused-ring (bicyclic) bond motifs is 1. The third-order valence-electron chi connectivity index (χ3n) is 3.08. The fraction of sp³-hybridized carbons (Fsp3) is 0.467. The van der Waals surface area contributed by atoms with Crippen molar-refractivity contribution in [1.82, 2.24) is 5.32 Å². The van der Waals surface area contributed by atoms with Crippen LogP contribution in [0.3, 0.4) is 0 Å². The zero-order valence-electron chi connectivity index (χ0n) is 10.5. The molecule has 1 N–H and O–H groups in total. The second-order valence-corrected chi connectivity index (χ2v) is 4.26. The van der Waals surface area contributed by atoms with E-state index in [0.29, 0.717) is 6.04 Å². The first-order chi connectivity index (χ1) is 8.35. The molecule has 0 amide bonds. The molecule has 2 nitrogen and oxygen atoms in total. The number of rotatable bonds is 4. The van der Waals surface area contributed by atoms with Gasteiger partial charge in [-0.15, -0.1) is 11.8 Å². The summed E-state index contributed by atoms with van der Waals surface area (Å²) in [5.41, 5.74) is 3.97. The minimum atomic E-state index is 0.332. The Morgan fingerprint density at radius 1 is 1.35 bits per heavy atom. The Balaban J connectivity index is 2.19. The van der Waals surface area contributed by atoms with Crippen LogP contribution >= 0.6 is 0 Å². The fourth-order valence-corrected chi connectivity index (χ4v) is 2.17. The van der Waals surface area contributed by atoms with Gasteiger partial charge in [0, 0.05) is 12.5 Å². The van der Waals surface area contributed by atoms with Crippen LogP contribution in [0.5, 0.6) is 0 Å². The summed E-state index contributed by atoms with van der Waals surface area (Å²) in [4.78, 5) is 0. The van der Waals surface area contributed by atoms with E-state index in [4.69, 9.17) is 4.74 Å². The highest BCUT2D eigenvalue weighted by atomic mass is 16.5. The average molecular weight is 229 g/mol. The van der Waals surface area contributed by atoms with Crippen molar-refractivity contribution in [1.29, 1.82) is 0 Å². The smallest absolute Gasteiger partial charge is 0.0725 e. The fourth-order valence-electron chi connectivity index (χ4n) is 2.17. The van der Waals surface area contributed by atoms with Gasteiger partial charge in [-0.05, 0) is 30.2 Å². The highest BCUT2D eigenvalue weighted by Gasteiger charge is 2.15. The van der Waals surface area contributed by atoms with Gasteiger partial charge in [-0.25, -0.2) is 0 Å². The third kappa shape index (κ3) is 2.88. The Bertz CT molecular complexity index is 442. The van der Waals surface area contributed by atoms with E-state index in [0.717, 1.165) is 26.2 Å². The molecule has 0 bridgehead atoms. The molecule has 0 saturated heterocycles. The van der Waals surface area contributed by atoms with Crippen LogP contribution in [0.4, 0.5) is 0 Å². The molecule has 1 aromatic rings. The second kappa shape index (κ2) is 5.86. The predicted molar refractivity (Wildman–Crippen MR) is 69.4 cm³/mol. The largest absolute Gasteiger partial charge is 0.372 e. The molecule has 0 fully saturated rings. The molecule has 1 aliphatic heterocycles. The Morgan fingerprint density at radius 3 is 2.94 bits per heavy atom. The topological polar surface area (TPSA) is 21.3 Å². The summed E-state index contributed by atoms with van der Waals surface area (Å²) in [5, 5.41) is 3.48. The van der Waals surface area contributed by atoms with Crippen LogP contribution in [-0.4, -0.2) is 6.54 Å². The average Bonchev–Trinajstić information content (AvgIpc) is 2.81. The van der Waals surface area contributed by atoms with Crippen molar-refractivity contribution in [2.75, 3.05) is 6.54 Å². The molecule has 17 heavy (non-hydrogen) atoms. The van der Waals surface area contributed by atoms with Crippen LogP contribution in [0.2, 0.25) is 0 Å². The Kier molecular flexibility index (Phi) is 4.19. The van der Waals surface area contributed by atoms with Crippen molar-refractivity contribution >= 4 is 0 Å². The summed E-state index contributed by atoms with van der Waals surface area (Å²) in [7, 11) is 0. The van der Waals surface area contributed by atoms with Gasteiger partial charge in [0.05, 0.1) is 13.2 Å². The van der Waals surface area contributed by atoms with Crippen molar-refractivity contribution in [3.63, 3.8) is 0 Å². The number of hydrogen-bond acceptors (Lipinski definition) is 2. The number of hydrogen-bond donors (Lipinski definition) is 1. The minimum absolute atomic E-state index is 0.332. The van der Waals surface area contributed by atoms with E-state index in [1.807, 2.05) is 6.92 Å². The third-order valence-corrected chi connectivity index (χ3v) is 3.08. The summed E-state index contributed by atoms with van der Waals surface area (Å²) in [5.74, 6) is 6.12. The summed E-state index contributed by atoms with van der Waals surface area (Å²) >= 11 is 0. The first kappa shape index (κ1) is 12.2. The van der Waals surface area contributed by atoms with E-state index < -0.39 is 0 Å². The Hall–Kier alpha value is -1.30. The van der Waals surface area contributed by atoms with Gasteiger partial charge >= 0.3 is 0 Å². The van der Waals surface area contributed by atoms with Gasteiger partial charge in [-0.3, -0.25) is 0 Å². The van der Waals surface area contributed by atoms with Gasteiger partial charge in [-0.2, -0.15) is 0 Å². The quantitative estimate of drug-likeness (QED) is 0.802. The lowest BCUT2D eigenvalue weighted by Gasteiger charge is -2.16. The monoisotopic (exact) mass is 229 g/mol. The molecule has 1 aliphatic rings. The van der Waals surface area contributed by atoms with Crippen molar-refractivity contribution < 1.29 is 4.74 Å². The second-order valence-electron chi connectivity index (χ2n) is 4.26. The maximum absolute atomic E-state index is 5.44. The lowest BCUT2D eigenvalue weighted by Crippen LogP contribution is -2.20. The molecular formula is C15H19NO. The minimum Gasteiger partial charge on any atom is -0.372 e. The summed E-state index contributed by atoms with van der Waals surface area (Å²) in [6.45, 7) is 6.49. The maximum Gasteiger partial charge on any atom is 0.0725 e. The molecule has 1 heterocycles. The molecule has 90 valence electrons. The SMILES string of the molecule is CC#CCC(NCC)c1ccc2c(c1)COC2. The highest BCUT2D eigenvalue weighted by molar-refractivity contribution is 5.35. The Labute approximate surface area is 103 Å². The number of benzene rings is 1. The standard InChI is InChI=1S/C15H19NO/c1-3-5-6-15(16-4-2)12-7-8-13-10-17-11-14(13)9-12/h7-9,15-16H,4,6,10-11H2,1-2H3. The van der Waals surface area contributed by atoms with Crippen LogP contribution in [0.25, 0.3) is 0 Å². The van der Waals surface area contributed by atoms with Gasteiger partial charge in [0.15, 0.2) is 0 Å². The van der Waals surface area contributed by atoms with Crippen LogP contribution < -0.4 is 5.32 Å². The summed E-state index contributed by atoms with van der Waals surface area (Å²) in [6, 6.07) is 6.96. The molecule has 0 radical (unpaired) electrons. The first-order valence-corrected chi connectivity index (χ1v) is 6.17. The van der Waals surface area contributed by atoms with E-state index >= 15 is 0 Å². The number of nitrogens with one attached hydrogen (secondary N) is 1. The molecule has 0 saturated carbocycles. The molecule has 0 spiro atoms. The van der Waals surface area contributed by atoms with E-state index in [1.165, 1.54) is 16.7 Å². The van der Waals surface area contributed by atoms with Crippen molar-refractivity contribution in [2.45, 2.75) is 39.5 Å². The maximum atomic E-state index is 5.44. The molecule has 0 aromatic heterocycles. The van der Waals surface area contributed by atoms with Crippen molar-refractivity contribution in [3.8, 4) is 11.8 Å². The molecular weight excluding hydrogens is 210 g/mol. The molecule has 2 heteroatoms. The Morgan fingerprint density at radius 2 is 2.18 bits per heavy atom. The zero-order valence-corrected chi connectivity index (χ0v) is 10.5. The van der Waals surface area contributed by atoms with Gasteiger partial charge < -0.3 is 10.1 Å². The van der Waals surface area contributed by atoms with Crippen LogP contribution in [-0.2, 0) is 18.0 Å². The molecule has 2 rings (SSSR count). The van der Waals surface area contributed by atoms with Crippen LogP contribution in [0.1, 0.15) is 43.0 Å². The molecule has 1 atom stereocenters. The molecule has 0 aliphatic carbocycles. The lowest BCUT2D eigenvalue weighted by molar-refractivity contribution is 0.134. The van der Waals surface area contributed by atoms with Crippen molar-refractivity contribution in [3.05, 3.63) is 34.9 Å². The highest BCUT2D eigenvalue weighted by Crippen LogP contribution is 2.25. The number of ether oxygens (including phenoxy) is 1. The van der Waals surface area contributed by atoms with Gasteiger partial charge in [0.25, 0.3) is 0 Å². The summed E-state index contributed by atoms with van der Waals surface area (Å²) in [6.07, 6.45) is 0.865. The van der Waals surface area contributed by atoms with Crippen LogP contribution in [0, 0.1) is 11.8 Å². The normalized spacial score (nSPS) is 14.9. The lowest BCUT2D eigenvalue weighted by atomic mass is 9.99. The first-order valence-electron chi connectivity index (χ1n) is 6.17. The van der Waals surface area contributed by atoms with E-state index in [-0.39, 0.29) is 0 Å². The van der Waals surface area contributed by atoms with Gasteiger partial charge in [0.1, 0.15) is 0 Å². The zero-order chi connectivity index (χ0) is 12.1. The van der Waals surface area contributed by atoms with Gasteiger partial charge in [-0.1, -0.05) is 25.1 Å². The summed E-state index contributed by atoms with van der Waals surface area (Å²) < 4.78 is 5.44. The predicted octanol–water partition coefficient (Wildman–Crippen LogP) is 2.78. The van der Waals surface area contributed by atoms with Crippen LogP contribution in [0.15, 0.2) is 18.2 Å².